The largest absolute Gasteiger partial charge is 0.494 e. The van der Waals surface area contributed by atoms with Crippen molar-refractivity contribution in [2.24, 2.45) is 18.7 Å². The Bertz CT molecular complexity index is 1790. The number of hydrogen-bond acceptors (Lipinski definition) is 6. The fraction of sp³-hybridized carbons (Fsp3) is 0.515. The molecule has 4 aromatic rings. The quantitative estimate of drug-likeness (QED) is 0.346. The molecule has 3 aromatic heterocycles. The lowest BCUT2D eigenvalue weighted by atomic mass is 9.97. The van der Waals surface area contributed by atoms with Crippen LogP contribution in [0.4, 0.5) is 0 Å². The Morgan fingerprint density at radius 1 is 1.14 bits per heavy atom. The van der Waals surface area contributed by atoms with Crippen molar-refractivity contribution < 1.29 is 14.3 Å². The van der Waals surface area contributed by atoms with Gasteiger partial charge in [0.1, 0.15) is 16.9 Å². The number of amides is 2. The van der Waals surface area contributed by atoms with Crippen LogP contribution in [0.3, 0.4) is 0 Å². The lowest BCUT2D eigenvalue weighted by Gasteiger charge is -2.24. The van der Waals surface area contributed by atoms with Gasteiger partial charge < -0.3 is 29.4 Å². The van der Waals surface area contributed by atoms with Crippen molar-refractivity contribution in [1.29, 1.82) is 0 Å². The van der Waals surface area contributed by atoms with Gasteiger partial charge in [0.05, 0.1) is 30.1 Å². The number of ether oxygens (including phenoxy) is 1. The van der Waals surface area contributed by atoms with Gasteiger partial charge in [0.25, 0.3) is 5.91 Å². The summed E-state index contributed by atoms with van der Waals surface area (Å²) in [7, 11) is 3.65. The average molecular weight is 582 g/mol. The second kappa shape index (κ2) is 9.80. The summed E-state index contributed by atoms with van der Waals surface area (Å²) >= 11 is 0. The molecule has 10 heteroatoms. The normalized spacial score (nSPS) is 24.2. The topological polar surface area (TPSA) is 112 Å². The molecule has 1 saturated carbocycles. The van der Waals surface area contributed by atoms with Gasteiger partial charge in [-0.15, -0.1) is 0 Å². The molecule has 2 bridgehead atoms. The molecule has 8 rings (SSSR count). The molecule has 1 aliphatic carbocycles. The fourth-order valence-electron chi connectivity index (χ4n) is 7.86. The molecule has 3 aliphatic heterocycles. The summed E-state index contributed by atoms with van der Waals surface area (Å²) in [4.78, 5) is 40.5. The average Bonchev–Trinajstić information content (AvgIpc) is 3.31. The SMILES string of the molecule is COc1cc(C(=O)N2[C@H]3CC[C@@H]2[C@H](N)C3)cc2nc(-c3cc4ccc([C@@H](C)N5CCCC5=O)nc4n3CC3CC3)n(C)c12. The van der Waals surface area contributed by atoms with Gasteiger partial charge >= 0.3 is 0 Å². The monoisotopic (exact) mass is 581 g/mol. The van der Waals surface area contributed by atoms with Crippen molar-refractivity contribution >= 4 is 33.9 Å². The van der Waals surface area contributed by atoms with Gasteiger partial charge in [-0.1, -0.05) is 0 Å². The van der Waals surface area contributed by atoms with Gasteiger partial charge in [-0.05, 0) is 81.7 Å². The van der Waals surface area contributed by atoms with Gasteiger partial charge in [-0.25, -0.2) is 9.97 Å². The standard InChI is InChI=1S/C33H39N7O3/c1-18(38-12-4-5-29(38)41)24-10-8-20-14-27(39(31(20)35-24)17-19-6-7-19)32-36-25-13-21(15-28(43-3)30(25)37(32)2)33(42)40-22-9-11-26(40)23(34)16-22/h8,10,13-15,18-19,22-23,26H,4-7,9,11-12,16-17,34H2,1-3H3/t18-,22+,23-,26-/m1/s1. The molecule has 1 aromatic carbocycles. The number of carbonyl (C=O) groups is 2. The van der Waals surface area contributed by atoms with E-state index in [4.69, 9.17) is 20.4 Å². The number of aryl methyl sites for hydroxylation is 1. The van der Waals surface area contributed by atoms with Gasteiger partial charge in [0, 0.05) is 55.6 Å². The third kappa shape index (κ3) is 4.17. The van der Waals surface area contributed by atoms with E-state index >= 15 is 0 Å². The summed E-state index contributed by atoms with van der Waals surface area (Å²) in [5, 5.41) is 1.05. The van der Waals surface area contributed by atoms with E-state index in [-0.39, 0.29) is 36.0 Å². The number of rotatable bonds is 7. The van der Waals surface area contributed by atoms with Gasteiger partial charge in [0.2, 0.25) is 5.91 Å². The highest BCUT2D eigenvalue weighted by molar-refractivity contribution is 6.00. The van der Waals surface area contributed by atoms with E-state index < -0.39 is 0 Å². The highest BCUT2D eigenvalue weighted by atomic mass is 16.5. The number of carbonyl (C=O) groups excluding carboxylic acids is 2. The minimum Gasteiger partial charge on any atom is -0.494 e. The van der Waals surface area contributed by atoms with Crippen LogP contribution >= 0.6 is 0 Å². The third-order valence-electron chi connectivity index (χ3n) is 10.4. The molecule has 4 atom stereocenters. The van der Waals surface area contributed by atoms with Crippen molar-refractivity contribution in [1.82, 2.24) is 28.9 Å². The summed E-state index contributed by atoms with van der Waals surface area (Å²) in [6.07, 6.45) is 6.81. The van der Waals surface area contributed by atoms with Gasteiger partial charge in [-0.3, -0.25) is 9.59 Å². The number of nitrogens with two attached hydrogens (primary N) is 1. The molecule has 3 saturated heterocycles. The number of likely N-dealkylation sites (tertiary alicyclic amines) is 1. The maximum Gasteiger partial charge on any atom is 0.254 e. The van der Waals surface area contributed by atoms with Crippen LogP contribution < -0.4 is 10.5 Å². The molecular formula is C33H39N7O3. The Kier molecular flexibility index (Phi) is 6.08. The predicted octanol–water partition coefficient (Wildman–Crippen LogP) is 4.40. The van der Waals surface area contributed by atoms with Crippen LogP contribution in [-0.2, 0) is 18.4 Å². The molecule has 2 N–H and O–H groups in total. The van der Waals surface area contributed by atoms with Crippen LogP contribution in [0.15, 0.2) is 30.3 Å². The predicted molar refractivity (Wildman–Crippen MR) is 164 cm³/mol. The number of aromatic nitrogens is 4. The zero-order valence-corrected chi connectivity index (χ0v) is 25.1. The smallest absolute Gasteiger partial charge is 0.254 e. The van der Waals surface area contributed by atoms with Crippen LogP contribution in [0.25, 0.3) is 33.6 Å². The Balaban J connectivity index is 1.22. The van der Waals surface area contributed by atoms with E-state index in [1.54, 1.807) is 7.11 Å². The Labute approximate surface area is 250 Å². The number of benzene rings is 1. The van der Waals surface area contributed by atoms with E-state index in [0.29, 0.717) is 23.7 Å². The first kappa shape index (κ1) is 26.7. The van der Waals surface area contributed by atoms with Crippen molar-refractivity contribution in [2.45, 2.75) is 82.6 Å². The first-order chi connectivity index (χ1) is 20.8. The zero-order chi connectivity index (χ0) is 29.6. The number of hydrogen-bond donors (Lipinski definition) is 1. The lowest BCUT2D eigenvalue weighted by molar-refractivity contribution is -0.129. The van der Waals surface area contributed by atoms with Crippen molar-refractivity contribution in [3.63, 3.8) is 0 Å². The zero-order valence-electron chi connectivity index (χ0n) is 25.1. The van der Waals surface area contributed by atoms with Gasteiger partial charge in [0.15, 0.2) is 5.82 Å². The van der Waals surface area contributed by atoms with Crippen LogP contribution in [0.5, 0.6) is 5.75 Å². The summed E-state index contributed by atoms with van der Waals surface area (Å²) < 4.78 is 10.2. The highest BCUT2D eigenvalue weighted by Gasteiger charge is 2.47. The maximum absolute atomic E-state index is 13.8. The highest BCUT2D eigenvalue weighted by Crippen LogP contribution is 2.41. The van der Waals surface area contributed by atoms with Crippen LogP contribution in [0.1, 0.15) is 74.0 Å². The number of imidazole rings is 1. The Morgan fingerprint density at radius 2 is 1.98 bits per heavy atom. The number of pyridine rings is 1. The number of nitrogens with zero attached hydrogens (tertiary/aromatic N) is 6. The molecule has 0 radical (unpaired) electrons. The molecule has 4 fully saturated rings. The second-order valence-electron chi connectivity index (χ2n) is 13.1. The van der Waals surface area contributed by atoms with E-state index in [1.165, 1.54) is 12.8 Å². The van der Waals surface area contributed by atoms with Crippen LogP contribution in [-0.4, -0.2) is 72.5 Å². The van der Waals surface area contributed by atoms with Gasteiger partial charge in [-0.2, -0.15) is 0 Å². The second-order valence-corrected chi connectivity index (χ2v) is 13.1. The molecule has 2 amide bonds. The molecule has 0 spiro atoms. The van der Waals surface area contributed by atoms with Crippen LogP contribution in [0.2, 0.25) is 0 Å². The molecule has 43 heavy (non-hydrogen) atoms. The van der Waals surface area contributed by atoms with Crippen molar-refractivity contribution in [2.75, 3.05) is 13.7 Å². The van der Waals surface area contributed by atoms with E-state index in [0.717, 1.165) is 78.1 Å². The Morgan fingerprint density at radius 3 is 2.65 bits per heavy atom. The summed E-state index contributed by atoms with van der Waals surface area (Å²) in [5.74, 6) is 2.28. The Hall–Kier alpha value is -3.92. The molecule has 10 nitrogen and oxygen atoms in total. The first-order valence-corrected chi connectivity index (χ1v) is 15.7. The van der Waals surface area contributed by atoms with E-state index in [1.807, 2.05) is 29.0 Å². The molecule has 224 valence electrons. The molecule has 0 unspecified atom stereocenters. The number of fused-ring (bicyclic) bond motifs is 4. The number of methoxy groups -OCH3 is 1. The van der Waals surface area contributed by atoms with Crippen molar-refractivity contribution in [3.8, 4) is 17.3 Å². The minimum atomic E-state index is -0.0662. The van der Waals surface area contributed by atoms with E-state index in [2.05, 4.69) is 34.3 Å². The fourth-order valence-corrected chi connectivity index (χ4v) is 7.86. The van der Waals surface area contributed by atoms with E-state index in [9.17, 15) is 9.59 Å². The summed E-state index contributed by atoms with van der Waals surface area (Å²) in [5.41, 5.74) is 11.4. The maximum atomic E-state index is 13.8. The molecular weight excluding hydrogens is 542 g/mol. The lowest BCUT2D eigenvalue weighted by Crippen LogP contribution is -2.40. The first-order valence-electron chi connectivity index (χ1n) is 15.7. The third-order valence-corrected chi connectivity index (χ3v) is 10.4. The molecule has 4 aliphatic rings. The minimum absolute atomic E-state index is 0.0121. The summed E-state index contributed by atoms with van der Waals surface area (Å²) in [6, 6.07) is 10.4. The van der Waals surface area contributed by atoms with Crippen molar-refractivity contribution in [3.05, 3.63) is 41.6 Å². The van der Waals surface area contributed by atoms with Crippen LogP contribution in [0, 0.1) is 5.92 Å². The molecule has 6 heterocycles. The summed E-state index contributed by atoms with van der Waals surface area (Å²) in [6.45, 7) is 3.73.